The molecule has 0 spiro atoms. The maximum Gasteiger partial charge on any atom is 0.238 e. The van der Waals surface area contributed by atoms with Gasteiger partial charge in [-0.2, -0.15) is 0 Å². The summed E-state index contributed by atoms with van der Waals surface area (Å²) in [7, 11) is -2.05. The van der Waals surface area contributed by atoms with Crippen molar-refractivity contribution in [3.8, 4) is 17.1 Å². The number of piperidine rings is 2. The summed E-state index contributed by atoms with van der Waals surface area (Å²) < 4.78 is 38.6. The lowest BCUT2D eigenvalue weighted by molar-refractivity contribution is 0.0836. The molecule has 0 aliphatic carbocycles. The minimum absolute atomic E-state index is 0.217. The van der Waals surface area contributed by atoms with Crippen molar-refractivity contribution in [1.82, 2.24) is 24.8 Å². The van der Waals surface area contributed by atoms with Crippen molar-refractivity contribution >= 4 is 37.3 Å². The average Bonchev–Trinajstić information content (AvgIpc) is 3.39. The number of hydrogen-bond acceptors (Lipinski definition) is 10. The van der Waals surface area contributed by atoms with E-state index in [1.54, 1.807) is 23.6 Å². The van der Waals surface area contributed by atoms with Gasteiger partial charge in [-0.05, 0) is 76.2 Å². The van der Waals surface area contributed by atoms with Crippen molar-refractivity contribution in [1.29, 1.82) is 0 Å². The number of rotatable bonds is 8. The summed E-state index contributed by atoms with van der Waals surface area (Å²) in [5.41, 5.74) is 4.03. The van der Waals surface area contributed by atoms with Gasteiger partial charge in [0.05, 0.1) is 29.3 Å². The number of fused-ring (bicyclic) bond motifs is 1. The molecule has 222 valence electrons. The van der Waals surface area contributed by atoms with Gasteiger partial charge in [-0.3, -0.25) is 9.62 Å². The first-order chi connectivity index (χ1) is 19.9. The van der Waals surface area contributed by atoms with Crippen LogP contribution in [0.1, 0.15) is 62.3 Å². The topological polar surface area (TPSA) is 110 Å². The summed E-state index contributed by atoms with van der Waals surface area (Å²) in [4.78, 5) is 19.9. The van der Waals surface area contributed by atoms with Gasteiger partial charge in [0.25, 0.3) is 0 Å². The van der Waals surface area contributed by atoms with E-state index < -0.39 is 10.0 Å². The Bertz CT molecular complexity index is 1460. The lowest BCUT2D eigenvalue weighted by Gasteiger charge is -2.40. The molecule has 1 N–H and O–H groups in total. The molecule has 10 nitrogen and oxygen atoms in total. The first-order valence-electron chi connectivity index (χ1n) is 14.7. The fourth-order valence-electron chi connectivity index (χ4n) is 6.41. The zero-order valence-corrected chi connectivity index (χ0v) is 25.6. The Morgan fingerprint density at radius 3 is 2.54 bits per heavy atom. The van der Waals surface area contributed by atoms with Crippen LogP contribution in [-0.4, -0.2) is 92.0 Å². The third-order valence-electron chi connectivity index (χ3n) is 8.56. The molecule has 3 aliphatic heterocycles. The maximum atomic E-state index is 12.1. The number of methoxy groups -OCH3 is 1. The molecule has 0 bridgehead atoms. The number of anilines is 1. The molecule has 3 saturated heterocycles. The van der Waals surface area contributed by atoms with E-state index in [0.717, 1.165) is 72.1 Å². The van der Waals surface area contributed by atoms with E-state index in [0.29, 0.717) is 18.9 Å². The second-order valence-electron chi connectivity index (χ2n) is 11.5. The van der Waals surface area contributed by atoms with E-state index in [2.05, 4.69) is 24.9 Å². The summed E-state index contributed by atoms with van der Waals surface area (Å²) in [5.74, 6) is 1.27. The fourth-order valence-corrected chi connectivity index (χ4v) is 7.97. The normalized spacial score (nSPS) is 20.4. The third-order valence-corrected chi connectivity index (χ3v) is 10.2. The van der Waals surface area contributed by atoms with E-state index in [4.69, 9.17) is 19.4 Å². The van der Waals surface area contributed by atoms with Crippen LogP contribution in [0.5, 0.6) is 5.88 Å². The minimum atomic E-state index is -3.52. The molecular formula is C29H40N6O4S2. The standard InChI is InChI=1S/C29H40N6O4S2/c1-38-29-24(33-41(2,36)37)16-21(17-30-29)25-27-26(32-28(31-25)20-8-14-39-15-9-20)22(19-40-27)18-34-12-6-23(7-13-34)35-10-4-3-5-11-35/h16-17,19-20,23,33H,3-15,18H2,1-2H3. The first-order valence-corrected chi connectivity index (χ1v) is 17.5. The summed E-state index contributed by atoms with van der Waals surface area (Å²) in [6.45, 7) is 7.01. The molecule has 3 aliphatic rings. The molecule has 3 aromatic rings. The average molecular weight is 601 g/mol. The van der Waals surface area contributed by atoms with Crippen molar-refractivity contribution in [3.63, 3.8) is 0 Å². The number of thiophene rings is 1. The van der Waals surface area contributed by atoms with E-state index in [1.807, 2.05) is 0 Å². The van der Waals surface area contributed by atoms with Crippen LogP contribution in [0.25, 0.3) is 21.5 Å². The molecule has 0 aromatic carbocycles. The van der Waals surface area contributed by atoms with Crippen LogP contribution in [0.2, 0.25) is 0 Å². The molecule has 0 amide bonds. The van der Waals surface area contributed by atoms with Crippen LogP contribution in [0, 0.1) is 0 Å². The molecule has 6 rings (SSSR count). The monoisotopic (exact) mass is 600 g/mol. The minimum Gasteiger partial charge on any atom is -0.480 e. The first kappa shape index (κ1) is 28.7. The summed E-state index contributed by atoms with van der Waals surface area (Å²) in [6.07, 6.45) is 11.1. The zero-order chi connectivity index (χ0) is 28.4. The maximum absolute atomic E-state index is 12.1. The molecule has 0 saturated carbocycles. The Morgan fingerprint density at radius 2 is 1.83 bits per heavy atom. The largest absolute Gasteiger partial charge is 0.480 e. The Labute approximate surface area is 246 Å². The second kappa shape index (κ2) is 12.5. The number of ether oxygens (including phenoxy) is 2. The lowest BCUT2D eigenvalue weighted by atomic mass is 9.98. The number of likely N-dealkylation sites (tertiary alicyclic amines) is 2. The quantitative estimate of drug-likeness (QED) is 0.400. The zero-order valence-electron chi connectivity index (χ0n) is 24.0. The summed E-state index contributed by atoms with van der Waals surface area (Å²) in [6, 6.07) is 2.48. The van der Waals surface area contributed by atoms with Crippen LogP contribution >= 0.6 is 11.3 Å². The number of nitrogens with one attached hydrogen (secondary N) is 1. The van der Waals surface area contributed by atoms with Gasteiger partial charge in [-0.25, -0.2) is 23.4 Å². The molecular weight excluding hydrogens is 560 g/mol. The SMILES string of the molecule is COc1ncc(-c2nc(C3CCOCC3)nc3c(CN4CCC(N5CCCCC5)CC4)csc23)cc1NS(C)(=O)=O. The molecule has 6 heterocycles. The van der Waals surface area contributed by atoms with Gasteiger partial charge < -0.3 is 14.4 Å². The van der Waals surface area contributed by atoms with Crippen molar-refractivity contribution in [2.45, 2.75) is 63.5 Å². The molecule has 12 heteroatoms. The van der Waals surface area contributed by atoms with E-state index >= 15 is 0 Å². The molecule has 0 unspecified atom stereocenters. The highest BCUT2D eigenvalue weighted by molar-refractivity contribution is 7.92. The number of pyridine rings is 1. The van der Waals surface area contributed by atoms with Crippen LogP contribution < -0.4 is 9.46 Å². The van der Waals surface area contributed by atoms with Crippen LogP contribution in [0.15, 0.2) is 17.6 Å². The van der Waals surface area contributed by atoms with Gasteiger partial charge in [0.2, 0.25) is 15.9 Å². The van der Waals surface area contributed by atoms with Gasteiger partial charge in [-0.1, -0.05) is 6.42 Å². The van der Waals surface area contributed by atoms with Crippen molar-refractivity contribution in [2.24, 2.45) is 0 Å². The number of nitrogens with zero attached hydrogens (tertiary/aromatic N) is 5. The molecule has 41 heavy (non-hydrogen) atoms. The lowest BCUT2D eigenvalue weighted by Crippen LogP contribution is -2.46. The van der Waals surface area contributed by atoms with Gasteiger partial charge in [0.15, 0.2) is 0 Å². The van der Waals surface area contributed by atoms with E-state index in [-0.39, 0.29) is 11.8 Å². The Balaban J connectivity index is 1.31. The van der Waals surface area contributed by atoms with Crippen molar-refractivity contribution < 1.29 is 17.9 Å². The predicted octanol–water partition coefficient (Wildman–Crippen LogP) is 4.48. The Hall–Kier alpha value is -2.38. The fraction of sp³-hybridized carbons (Fsp3) is 0.621. The number of hydrogen-bond donors (Lipinski definition) is 1. The van der Waals surface area contributed by atoms with Crippen molar-refractivity contribution in [3.05, 3.63) is 29.0 Å². The highest BCUT2D eigenvalue weighted by atomic mass is 32.2. The highest BCUT2D eigenvalue weighted by Gasteiger charge is 2.27. The molecule has 0 atom stereocenters. The van der Waals surface area contributed by atoms with Crippen LogP contribution in [0.4, 0.5) is 5.69 Å². The van der Waals surface area contributed by atoms with Gasteiger partial charge >= 0.3 is 0 Å². The molecule has 3 fully saturated rings. The number of sulfonamides is 1. The smallest absolute Gasteiger partial charge is 0.238 e. The summed E-state index contributed by atoms with van der Waals surface area (Å²) >= 11 is 1.65. The molecule has 0 radical (unpaired) electrons. The van der Waals surface area contributed by atoms with E-state index in [1.165, 1.54) is 57.9 Å². The van der Waals surface area contributed by atoms with Gasteiger partial charge in [-0.15, -0.1) is 11.3 Å². The van der Waals surface area contributed by atoms with E-state index in [9.17, 15) is 8.42 Å². The van der Waals surface area contributed by atoms with Crippen LogP contribution in [0.3, 0.4) is 0 Å². The Kier molecular flexibility index (Phi) is 8.73. The molecule has 3 aromatic heterocycles. The number of aromatic nitrogens is 3. The third kappa shape index (κ3) is 6.67. The van der Waals surface area contributed by atoms with Gasteiger partial charge in [0.1, 0.15) is 11.5 Å². The highest BCUT2D eigenvalue weighted by Crippen LogP contribution is 2.38. The Morgan fingerprint density at radius 1 is 1.07 bits per heavy atom. The second-order valence-corrected chi connectivity index (χ2v) is 14.1. The van der Waals surface area contributed by atoms with Crippen LogP contribution in [-0.2, 0) is 21.3 Å². The van der Waals surface area contributed by atoms with Crippen molar-refractivity contribution in [2.75, 3.05) is 57.5 Å². The van der Waals surface area contributed by atoms with Gasteiger partial charge in [0, 0.05) is 49.0 Å². The predicted molar refractivity (Wildman–Crippen MR) is 162 cm³/mol. The summed E-state index contributed by atoms with van der Waals surface area (Å²) in [5, 5.41) is 2.22.